The number of methoxy groups -OCH3 is 1. The molecule has 1 saturated carbocycles. The normalized spacial score (nSPS) is 13.1. The quantitative estimate of drug-likeness (QED) is 0.0155. The van der Waals surface area contributed by atoms with E-state index < -0.39 is 46.0 Å². The maximum atomic E-state index is 15.7. The Morgan fingerprint density at radius 3 is 1.89 bits per heavy atom. The molecule has 4 aromatic rings. The fraction of sp³-hybridized carbons (Fsp3) is 0.528. The molecule has 0 unspecified atom stereocenters. The number of fused-ring (bicyclic) bond motifs is 1. The molecule has 0 atom stereocenters. The minimum atomic E-state index is -1.45. The third kappa shape index (κ3) is 19.0. The first-order valence-electron chi connectivity index (χ1n) is 24.2. The zero-order valence-corrected chi connectivity index (χ0v) is 44.3. The Bertz CT molecular complexity index is 2430. The van der Waals surface area contributed by atoms with E-state index in [1.54, 1.807) is 32.0 Å². The van der Waals surface area contributed by atoms with E-state index in [0.717, 1.165) is 16.9 Å². The number of halogens is 3. The lowest BCUT2D eigenvalue weighted by atomic mass is 9.96. The molecule has 19 heteroatoms. The van der Waals surface area contributed by atoms with Crippen molar-refractivity contribution in [3.8, 4) is 23.0 Å². The summed E-state index contributed by atoms with van der Waals surface area (Å²) in [5.41, 5.74) is -1.81. The molecule has 1 heterocycles. The van der Waals surface area contributed by atoms with Gasteiger partial charge in [-0.1, -0.05) is 22.6 Å². The van der Waals surface area contributed by atoms with Gasteiger partial charge >= 0.3 is 11.9 Å². The van der Waals surface area contributed by atoms with Crippen molar-refractivity contribution in [1.29, 1.82) is 0 Å². The van der Waals surface area contributed by atoms with Crippen molar-refractivity contribution in [3.63, 3.8) is 0 Å². The summed E-state index contributed by atoms with van der Waals surface area (Å²) in [6.07, 6.45) is 5.27. The van der Waals surface area contributed by atoms with Crippen LogP contribution in [0, 0.1) is 17.0 Å². The van der Waals surface area contributed by atoms with E-state index >= 15 is 4.39 Å². The minimum absolute atomic E-state index is 0.0273. The largest absolute Gasteiger partial charge is 0.493 e. The molecule has 3 aromatic carbocycles. The van der Waals surface area contributed by atoms with Gasteiger partial charge in [0.25, 0.3) is 0 Å². The van der Waals surface area contributed by atoms with Gasteiger partial charge in [0, 0.05) is 92.0 Å². The Morgan fingerprint density at radius 2 is 1.28 bits per heavy atom. The van der Waals surface area contributed by atoms with Crippen LogP contribution in [-0.4, -0.2) is 111 Å². The van der Waals surface area contributed by atoms with E-state index in [1.807, 2.05) is 20.8 Å². The highest BCUT2D eigenvalue weighted by molar-refractivity contribution is 14.1. The van der Waals surface area contributed by atoms with Crippen LogP contribution in [0.25, 0.3) is 10.9 Å². The van der Waals surface area contributed by atoms with Crippen LogP contribution in [0.1, 0.15) is 91.5 Å². The summed E-state index contributed by atoms with van der Waals surface area (Å²) >= 11 is 2.30. The molecule has 394 valence electrons. The van der Waals surface area contributed by atoms with Crippen molar-refractivity contribution >= 4 is 68.6 Å². The first-order chi connectivity index (χ1) is 34.4. The number of nitrogens with zero attached hydrogens (tertiary/aromatic N) is 1. The van der Waals surface area contributed by atoms with E-state index in [0.29, 0.717) is 100 Å². The predicted molar refractivity (Wildman–Crippen MR) is 275 cm³/mol. The van der Waals surface area contributed by atoms with Crippen molar-refractivity contribution < 1.29 is 70.6 Å². The molecule has 1 aromatic heterocycles. The molecule has 72 heavy (non-hydrogen) atoms. The molecule has 0 bridgehead atoms. The van der Waals surface area contributed by atoms with Gasteiger partial charge in [-0.25, -0.2) is 8.78 Å². The lowest BCUT2D eigenvalue weighted by Gasteiger charge is -2.27. The van der Waals surface area contributed by atoms with Crippen molar-refractivity contribution in [1.82, 2.24) is 4.98 Å². The molecular formula is C53H68F2IN3O13. The van der Waals surface area contributed by atoms with Gasteiger partial charge in [0.15, 0.2) is 23.1 Å². The number of pyridine rings is 1. The van der Waals surface area contributed by atoms with Gasteiger partial charge in [0.05, 0.1) is 45.3 Å². The number of hydrogen-bond donors (Lipinski definition) is 2. The molecule has 0 spiro atoms. The second-order valence-electron chi connectivity index (χ2n) is 18.8. The summed E-state index contributed by atoms with van der Waals surface area (Å²) in [4.78, 5) is 56.3. The zero-order valence-electron chi connectivity index (χ0n) is 42.1. The summed E-state index contributed by atoms with van der Waals surface area (Å²) < 4.78 is 82.1. The second kappa shape index (κ2) is 28.3. The second-order valence-corrected chi connectivity index (χ2v) is 19.8. The van der Waals surface area contributed by atoms with Crippen molar-refractivity contribution in [2.75, 3.05) is 81.6 Å². The number of alkyl halides is 1. The molecule has 1 aliphatic carbocycles. The van der Waals surface area contributed by atoms with Gasteiger partial charge in [-0.2, -0.15) is 0 Å². The van der Waals surface area contributed by atoms with Gasteiger partial charge in [-0.15, -0.1) is 0 Å². The monoisotopic (exact) mass is 1120 g/mol. The number of esters is 2. The molecule has 5 rings (SSSR count). The first-order valence-corrected chi connectivity index (χ1v) is 25.7. The van der Waals surface area contributed by atoms with Crippen molar-refractivity contribution in [2.45, 2.75) is 104 Å². The number of amides is 2. The maximum Gasteiger partial charge on any atom is 0.308 e. The fourth-order valence-corrected chi connectivity index (χ4v) is 7.58. The highest BCUT2D eigenvalue weighted by Gasteiger charge is 2.56. The molecular weight excluding hydrogens is 1050 g/mol. The van der Waals surface area contributed by atoms with Gasteiger partial charge in [0.2, 0.25) is 11.8 Å². The predicted octanol–water partition coefficient (Wildman–Crippen LogP) is 10.1. The van der Waals surface area contributed by atoms with Crippen LogP contribution in [0.2, 0.25) is 0 Å². The van der Waals surface area contributed by atoms with Gasteiger partial charge in [-0.05, 0) is 115 Å². The van der Waals surface area contributed by atoms with Crippen molar-refractivity contribution in [3.05, 3.63) is 78.0 Å². The zero-order chi connectivity index (χ0) is 52.2. The number of carbonyl (C=O) groups excluding carboxylic acids is 4. The van der Waals surface area contributed by atoms with Crippen LogP contribution in [0.3, 0.4) is 0 Å². The molecule has 0 radical (unpaired) electrons. The number of nitrogens with one attached hydrogen (secondary N) is 2. The molecule has 2 amide bonds. The average molecular weight is 1120 g/mol. The molecule has 2 N–H and O–H groups in total. The summed E-state index contributed by atoms with van der Waals surface area (Å²) in [7, 11) is 1.50. The Balaban J connectivity index is 1.09. The molecule has 1 fully saturated rings. The van der Waals surface area contributed by atoms with E-state index in [9.17, 15) is 23.6 Å². The number of anilines is 2. The highest BCUT2D eigenvalue weighted by atomic mass is 127. The molecule has 0 aliphatic heterocycles. The van der Waals surface area contributed by atoms with Crippen LogP contribution >= 0.6 is 22.6 Å². The number of ether oxygens (including phenoxy) is 9. The third-order valence-corrected chi connectivity index (χ3v) is 11.7. The smallest absolute Gasteiger partial charge is 0.308 e. The minimum Gasteiger partial charge on any atom is -0.493 e. The summed E-state index contributed by atoms with van der Waals surface area (Å²) in [6.45, 7) is 12.8. The maximum absolute atomic E-state index is 15.7. The van der Waals surface area contributed by atoms with Crippen LogP contribution in [-0.2, 0) is 54.0 Å². The van der Waals surface area contributed by atoms with Gasteiger partial charge in [0.1, 0.15) is 28.2 Å². The average Bonchev–Trinajstić information content (AvgIpc) is 4.14. The van der Waals surface area contributed by atoms with Gasteiger partial charge in [-0.3, -0.25) is 24.2 Å². The van der Waals surface area contributed by atoms with Crippen LogP contribution in [0.15, 0.2) is 60.8 Å². The Kier molecular flexibility index (Phi) is 22.7. The first kappa shape index (κ1) is 57.7. The van der Waals surface area contributed by atoms with E-state index in [-0.39, 0.29) is 67.6 Å². The van der Waals surface area contributed by atoms with Crippen molar-refractivity contribution in [2.24, 2.45) is 5.41 Å². The van der Waals surface area contributed by atoms with E-state index in [1.165, 1.54) is 43.6 Å². The fourth-order valence-electron chi connectivity index (χ4n) is 7.27. The Labute approximate surface area is 433 Å². The standard InChI is InChI=1S/C53H68F2IN3O13/c1-51(2,3)71-47(60)16-29-67-26-9-24-66-27-10-28-69-46-34-42-39(33-45(46)64-6)43(15-21-57-42)70-44-14-12-38(32-40(44)55)58-49(62)53(18-19-53)50(63)59-41-13-11-37(54)31-36(41)35-52(4,5)72-48(61)17-30-68-25-8-23-65-22-7-20-56/h11-15,21,31-34H,7-10,16-20,22-30,35H2,1-6H3,(H,58,62)(H,59,63). The number of aromatic nitrogens is 1. The third-order valence-electron chi connectivity index (χ3n) is 10.9. The van der Waals surface area contributed by atoms with Crippen LogP contribution in [0.4, 0.5) is 20.2 Å². The molecule has 1 aliphatic rings. The lowest BCUT2D eigenvalue weighted by Crippen LogP contribution is -2.36. The lowest BCUT2D eigenvalue weighted by molar-refractivity contribution is -0.158. The number of benzene rings is 3. The highest BCUT2D eigenvalue weighted by Crippen LogP contribution is 2.48. The summed E-state index contributed by atoms with van der Waals surface area (Å²) in [5.74, 6) is -2.33. The van der Waals surface area contributed by atoms with Gasteiger partial charge < -0.3 is 53.3 Å². The molecule has 16 nitrogen and oxygen atoms in total. The molecule has 0 saturated heterocycles. The summed E-state index contributed by atoms with van der Waals surface area (Å²) in [5, 5.41) is 5.98. The Hall–Kier alpha value is -5.22. The van der Waals surface area contributed by atoms with E-state index in [2.05, 4.69) is 38.2 Å². The van der Waals surface area contributed by atoms with Crippen LogP contribution < -0.4 is 24.8 Å². The number of rotatable bonds is 32. The number of carbonyl (C=O) groups is 4. The number of hydrogen-bond acceptors (Lipinski definition) is 14. The van der Waals surface area contributed by atoms with Crippen LogP contribution in [0.5, 0.6) is 23.0 Å². The topological polar surface area (TPSA) is 188 Å². The Morgan fingerprint density at radius 1 is 0.667 bits per heavy atom. The summed E-state index contributed by atoms with van der Waals surface area (Å²) in [6, 6.07) is 12.7. The van der Waals surface area contributed by atoms with E-state index in [4.69, 9.17) is 42.6 Å². The SMILES string of the molecule is COc1cc2c(Oc3ccc(NC(=O)C4(C(=O)Nc5ccc(F)cc5CC(C)(C)OC(=O)CCOCCCOCCCI)CC4)cc3F)ccnc2cc1OCCCOCCCOCCC(=O)OC(C)(C)C.